The third kappa shape index (κ3) is 3.75. The molecule has 4 rings (SSSR count). The van der Waals surface area contributed by atoms with E-state index >= 15 is 0 Å². The monoisotopic (exact) mass is 395 g/mol. The number of carbonyl (C=O) groups is 1. The maximum atomic E-state index is 13.0. The topological polar surface area (TPSA) is 103 Å². The average molecular weight is 395 g/mol. The third-order valence-electron chi connectivity index (χ3n) is 5.18. The lowest BCUT2D eigenvalue weighted by Gasteiger charge is -2.32. The highest BCUT2D eigenvalue weighted by atomic mass is 16.5. The molecule has 1 amide bonds. The summed E-state index contributed by atoms with van der Waals surface area (Å²) in [5, 5.41) is 3.04. The summed E-state index contributed by atoms with van der Waals surface area (Å²) in [5.74, 6) is 0.854. The fraction of sp³-hybridized carbons (Fsp3) is 0.381. The van der Waals surface area contributed by atoms with Gasteiger partial charge in [0.2, 0.25) is 0 Å². The van der Waals surface area contributed by atoms with Crippen molar-refractivity contribution in [2.24, 2.45) is 5.73 Å². The zero-order valence-corrected chi connectivity index (χ0v) is 16.6. The first-order valence-electron chi connectivity index (χ1n) is 9.75. The number of hydrogen-bond acceptors (Lipinski definition) is 7. The largest absolute Gasteiger partial charge is 0.490 e. The van der Waals surface area contributed by atoms with Crippen LogP contribution in [0.3, 0.4) is 0 Å². The van der Waals surface area contributed by atoms with Crippen LogP contribution < -0.4 is 20.7 Å². The molecule has 8 heteroatoms. The first-order chi connectivity index (χ1) is 14.1. The van der Waals surface area contributed by atoms with Gasteiger partial charge in [-0.25, -0.2) is 9.97 Å². The van der Waals surface area contributed by atoms with Crippen molar-refractivity contribution in [3.63, 3.8) is 0 Å². The molecule has 152 valence electrons. The van der Waals surface area contributed by atoms with Gasteiger partial charge in [-0.2, -0.15) is 0 Å². The number of morpholine rings is 1. The number of nitrogens with one attached hydrogen (secondary N) is 1. The molecule has 8 nitrogen and oxygen atoms in total. The summed E-state index contributed by atoms with van der Waals surface area (Å²) in [5.41, 5.74) is 9.77. The molecule has 29 heavy (non-hydrogen) atoms. The van der Waals surface area contributed by atoms with Crippen LogP contribution >= 0.6 is 0 Å². The van der Waals surface area contributed by atoms with Gasteiger partial charge in [0, 0.05) is 49.2 Å². The molecule has 1 aromatic heterocycles. The highest BCUT2D eigenvalue weighted by Gasteiger charge is 2.29. The number of aromatic nitrogens is 2. The zero-order valence-electron chi connectivity index (χ0n) is 16.6. The Kier molecular flexibility index (Phi) is 5.35. The van der Waals surface area contributed by atoms with E-state index in [1.54, 1.807) is 18.5 Å². The number of rotatable bonds is 4. The minimum absolute atomic E-state index is 0.115. The fourth-order valence-corrected chi connectivity index (χ4v) is 3.90. The molecule has 0 spiro atoms. The number of benzene rings is 1. The fourth-order valence-electron chi connectivity index (χ4n) is 3.90. The summed E-state index contributed by atoms with van der Waals surface area (Å²) in [7, 11) is 0. The Morgan fingerprint density at radius 3 is 2.72 bits per heavy atom. The van der Waals surface area contributed by atoms with E-state index in [0.717, 1.165) is 47.8 Å². The molecule has 0 bridgehead atoms. The van der Waals surface area contributed by atoms with Crippen LogP contribution in [0.2, 0.25) is 0 Å². The Labute approximate surface area is 169 Å². The van der Waals surface area contributed by atoms with Crippen LogP contribution in [0.15, 0.2) is 30.7 Å². The van der Waals surface area contributed by atoms with E-state index in [-0.39, 0.29) is 23.4 Å². The lowest BCUT2D eigenvalue weighted by Crippen LogP contribution is -2.37. The lowest BCUT2D eigenvalue weighted by molar-refractivity contribution is -0.111. The van der Waals surface area contributed by atoms with E-state index in [2.05, 4.69) is 20.2 Å². The molecular formula is C21H25N5O3. The van der Waals surface area contributed by atoms with Gasteiger partial charge in [-0.15, -0.1) is 0 Å². The molecule has 1 atom stereocenters. The third-order valence-corrected chi connectivity index (χ3v) is 5.18. The second-order valence-electron chi connectivity index (χ2n) is 7.22. The van der Waals surface area contributed by atoms with Crippen molar-refractivity contribution in [1.29, 1.82) is 0 Å². The van der Waals surface area contributed by atoms with Gasteiger partial charge >= 0.3 is 0 Å². The lowest BCUT2D eigenvalue weighted by atomic mass is 10.0. The van der Waals surface area contributed by atoms with Gasteiger partial charge in [0.1, 0.15) is 11.9 Å². The van der Waals surface area contributed by atoms with Crippen LogP contribution in [0, 0.1) is 6.92 Å². The second kappa shape index (κ2) is 8.08. The summed E-state index contributed by atoms with van der Waals surface area (Å²) in [6.07, 6.45) is 5.32. The summed E-state index contributed by atoms with van der Waals surface area (Å²) in [6, 6.07) is 3.70. The maximum absolute atomic E-state index is 13.0. The van der Waals surface area contributed by atoms with E-state index < -0.39 is 0 Å². The summed E-state index contributed by atoms with van der Waals surface area (Å²) in [6.45, 7) is 6.88. The molecule has 3 N–H and O–H groups in total. The van der Waals surface area contributed by atoms with Crippen molar-refractivity contribution < 1.29 is 14.3 Å². The molecule has 3 heterocycles. The Morgan fingerprint density at radius 2 is 2.03 bits per heavy atom. The minimum Gasteiger partial charge on any atom is -0.490 e. The van der Waals surface area contributed by atoms with Crippen molar-refractivity contribution in [3.8, 4) is 5.75 Å². The summed E-state index contributed by atoms with van der Waals surface area (Å²) in [4.78, 5) is 23.6. The van der Waals surface area contributed by atoms with E-state index in [1.807, 2.05) is 19.9 Å². The second-order valence-corrected chi connectivity index (χ2v) is 7.22. The molecule has 1 unspecified atom stereocenters. The van der Waals surface area contributed by atoms with Crippen molar-refractivity contribution in [1.82, 2.24) is 9.97 Å². The number of carbonyl (C=O) groups excluding carboxylic acids is 1. The molecule has 0 radical (unpaired) electrons. The predicted molar refractivity (Wildman–Crippen MR) is 111 cm³/mol. The van der Waals surface area contributed by atoms with Gasteiger partial charge < -0.3 is 25.4 Å². The molecule has 0 saturated carbocycles. The number of nitrogens with two attached hydrogens (primary N) is 1. The minimum atomic E-state index is -0.348. The SMILES string of the molecule is Cc1c2c(cc(NC(=O)C(=CN)c3ncccn3)c1N1CCOCC1)CC(C)O2. The molecule has 1 fully saturated rings. The molecule has 1 saturated heterocycles. The van der Waals surface area contributed by atoms with Crippen LogP contribution in [-0.4, -0.2) is 48.3 Å². The number of fused-ring (bicyclic) bond motifs is 1. The number of anilines is 2. The normalized spacial score (nSPS) is 18.9. The first kappa shape index (κ1) is 19.2. The van der Waals surface area contributed by atoms with Crippen LogP contribution in [0.5, 0.6) is 5.75 Å². The van der Waals surface area contributed by atoms with Gasteiger partial charge in [0.05, 0.1) is 30.2 Å². The molecule has 2 aliphatic rings. The average Bonchev–Trinajstić information content (AvgIpc) is 3.11. The molecule has 2 aliphatic heterocycles. The van der Waals surface area contributed by atoms with Gasteiger partial charge in [-0.3, -0.25) is 4.79 Å². The van der Waals surface area contributed by atoms with Gasteiger partial charge in [0.15, 0.2) is 5.82 Å². The standard InChI is InChI=1S/C21H25N5O3/c1-13-10-15-11-17(25-21(27)16(12-22)20-23-4-3-5-24-20)18(14(2)19(15)29-13)26-6-8-28-9-7-26/h3-5,11-13H,6-10,22H2,1-2H3,(H,25,27). The quantitative estimate of drug-likeness (QED) is 0.762. The highest BCUT2D eigenvalue weighted by molar-refractivity contribution is 6.25. The van der Waals surface area contributed by atoms with Crippen molar-refractivity contribution in [3.05, 3.63) is 47.7 Å². The van der Waals surface area contributed by atoms with Crippen molar-refractivity contribution in [2.45, 2.75) is 26.4 Å². The molecule has 1 aromatic carbocycles. The van der Waals surface area contributed by atoms with E-state index in [0.29, 0.717) is 13.2 Å². The Hall–Kier alpha value is -3.13. The van der Waals surface area contributed by atoms with Crippen LogP contribution in [0.1, 0.15) is 23.9 Å². The molecule has 2 aromatic rings. The van der Waals surface area contributed by atoms with Crippen LogP contribution in [0.25, 0.3) is 5.57 Å². The Balaban J connectivity index is 1.71. The van der Waals surface area contributed by atoms with Crippen molar-refractivity contribution in [2.75, 3.05) is 36.5 Å². The number of hydrogen-bond donors (Lipinski definition) is 2. The molecular weight excluding hydrogens is 370 g/mol. The summed E-state index contributed by atoms with van der Waals surface area (Å²) < 4.78 is 11.5. The van der Waals surface area contributed by atoms with E-state index in [4.69, 9.17) is 15.2 Å². The Morgan fingerprint density at radius 1 is 1.31 bits per heavy atom. The number of ether oxygens (including phenoxy) is 2. The zero-order chi connectivity index (χ0) is 20.4. The number of amides is 1. The van der Waals surface area contributed by atoms with Crippen molar-refractivity contribution >= 4 is 22.9 Å². The van der Waals surface area contributed by atoms with Crippen LogP contribution in [0.4, 0.5) is 11.4 Å². The highest BCUT2D eigenvalue weighted by Crippen LogP contribution is 2.43. The van der Waals surface area contributed by atoms with E-state index in [9.17, 15) is 4.79 Å². The number of nitrogens with zero attached hydrogens (tertiary/aromatic N) is 3. The summed E-state index contributed by atoms with van der Waals surface area (Å²) >= 11 is 0. The van der Waals surface area contributed by atoms with Gasteiger partial charge in [-0.1, -0.05) is 0 Å². The predicted octanol–water partition coefficient (Wildman–Crippen LogP) is 1.88. The molecule has 0 aliphatic carbocycles. The van der Waals surface area contributed by atoms with Gasteiger partial charge in [-0.05, 0) is 26.0 Å². The Bertz CT molecular complexity index is 939. The maximum Gasteiger partial charge on any atom is 0.261 e. The smallest absolute Gasteiger partial charge is 0.261 e. The van der Waals surface area contributed by atoms with Crippen LogP contribution in [-0.2, 0) is 16.0 Å². The van der Waals surface area contributed by atoms with E-state index in [1.165, 1.54) is 6.20 Å². The van der Waals surface area contributed by atoms with Gasteiger partial charge in [0.25, 0.3) is 5.91 Å². The first-order valence-corrected chi connectivity index (χ1v) is 9.75.